The summed E-state index contributed by atoms with van der Waals surface area (Å²) in [5, 5.41) is 3.44. The van der Waals surface area contributed by atoms with Gasteiger partial charge in [0.1, 0.15) is 0 Å². The molecule has 1 aromatic heterocycles. The number of nitrogens with zero attached hydrogens (tertiary/aromatic N) is 2. The van der Waals surface area contributed by atoms with E-state index in [2.05, 4.69) is 27.0 Å². The first-order chi connectivity index (χ1) is 15.7. The van der Waals surface area contributed by atoms with Crippen LogP contribution in [0.3, 0.4) is 0 Å². The van der Waals surface area contributed by atoms with Gasteiger partial charge in [0.25, 0.3) is 0 Å². The molecule has 0 unspecified atom stereocenters. The molecule has 1 fully saturated rings. The quantitative estimate of drug-likeness (QED) is 0.530. The summed E-state index contributed by atoms with van der Waals surface area (Å²) in [6.07, 6.45) is 4.17. The molecule has 0 aliphatic carbocycles. The molecule has 32 heavy (non-hydrogen) atoms. The molecule has 3 heterocycles. The summed E-state index contributed by atoms with van der Waals surface area (Å²) in [4.78, 5) is 17.5. The highest BCUT2D eigenvalue weighted by Gasteiger charge is 2.24. The standard InChI is InChI=1S/C24H25N3O4S/c1-16(23(28)26-18-9-10-21-22(12-18)31-15-30-21)32-24-25-13-20(17-6-3-2-4-7-17)27(24)14-19-8-5-11-29-19/h2-4,6-7,9-10,12-13,16,19H,5,8,11,14-15H2,1H3,(H,26,28)/t16-,19+/m0/s1. The molecule has 8 heteroatoms. The molecule has 7 nitrogen and oxygen atoms in total. The van der Waals surface area contributed by atoms with E-state index in [0.29, 0.717) is 17.2 Å². The first-order valence-electron chi connectivity index (χ1n) is 10.8. The maximum absolute atomic E-state index is 12.9. The third-order valence-corrected chi connectivity index (χ3v) is 6.69. The third-order valence-electron chi connectivity index (χ3n) is 5.59. The molecule has 1 N–H and O–H groups in total. The second kappa shape index (κ2) is 9.26. The van der Waals surface area contributed by atoms with Gasteiger partial charge in [-0.05, 0) is 37.5 Å². The molecule has 0 bridgehead atoms. The van der Waals surface area contributed by atoms with Crippen LogP contribution >= 0.6 is 11.8 Å². The zero-order valence-corrected chi connectivity index (χ0v) is 18.6. The van der Waals surface area contributed by atoms with Gasteiger partial charge in [0.15, 0.2) is 16.7 Å². The lowest BCUT2D eigenvalue weighted by Crippen LogP contribution is -2.23. The Bertz CT molecular complexity index is 1100. The minimum atomic E-state index is -0.338. The summed E-state index contributed by atoms with van der Waals surface area (Å²) >= 11 is 1.45. The van der Waals surface area contributed by atoms with Crippen molar-refractivity contribution >= 4 is 23.4 Å². The van der Waals surface area contributed by atoms with Gasteiger partial charge in [0, 0.05) is 18.4 Å². The molecule has 0 spiro atoms. The Balaban J connectivity index is 1.33. The van der Waals surface area contributed by atoms with E-state index < -0.39 is 0 Å². The highest BCUT2D eigenvalue weighted by Crippen LogP contribution is 2.35. The van der Waals surface area contributed by atoms with Gasteiger partial charge in [-0.15, -0.1) is 0 Å². The van der Waals surface area contributed by atoms with E-state index in [1.54, 1.807) is 12.1 Å². The van der Waals surface area contributed by atoms with E-state index in [1.165, 1.54) is 11.8 Å². The van der Waals surface area contributed by atoms with Gasteiger partial charge >= 0.3 is 0 Å². The van der Waals surface area contributed by atoms with Crippen molar-refractivity contribution in [1.29, 1.82) is 0 Å². The Hall–Kier alpha value is -2.97. The summed E-state index contributed by atoms with van der Waals surface area (Å²) in [6, 6.07) is 15.6. The smallest absolute Gasteiger partial charge is 0.237 e. The van der Waals surface area contributed by atoms with Gasteiger partial charge in [0.05, 0.1) is 29.8 Å². The summed E-state index contributed by atoms with van der Waals surface area (Å²) in [6.45, 7) is 3.62. The summed E-state index contributed by atoms with van der Waals surface area (Å²) < 4.78 is 18.8. The summed E-state index contributed by atoms with van der Waals surface area (Å²) in [5.74, 6) is 1.24. The number of fused-ring (bicyclic) bond motifs is 1. The zero-order chi connectivity index (χ0) is 21.9. The van der Waals surface area contributed by atoms with Crippen molar-refractivity contribution in [1.82, 2.24) is 9.55 Å². The number of carbonyl (C=O) groups excluding carboxylic acids is 1. The van der Waals surface area contributed by atoms with Gasteiger partial charge in [-0.25, -0.2) is 4.98 Å². The van der Waals surface area contributed by atoms with Crippen molar-refractivity contribution < 1.29 is 19.0 Å². The molecule has 2 aromatic carbocycles. The Morgan fingerprint density at radius 2 is 2.06 bits per heavy atom. The van der Waals surface area contributed by atoms with Crippen LogP contribution in [0, 0.1) is 0 Å². The lowest BCUT2D eigenvalue weighted by atomic mass is 10.1. The molecule has 5 rings (SSSR count). The van der Waals surface area contributed by atoms with E-state index >= 15 is 0 Å². The van der Waals surface area contributed by atoms with Gasteiger partial charge in [-0.3, -0.25) is 4.79 Å². The van der Waals surface area contributed by atoms with E-state index in [9.17, 15) is 4.79 Å². The third kappa shape index (κ3) is 4.47. The zero-order valence-electron chi connectivity index (χ0n) is 17.8. The molecule has 166 valence electrons. The fourth-order valence-corrected chi connectivity index (χ4v) is 4.79. The topological polar surface area (TPSA) is 74.6 Å². The van der Waals surface area contributed by atoms with Gasteiger partial charge < -0.3 is 24.1 Å². The Morgan fingerprint density at radius 3 is 2.88 bits per heavy atom. The van der Waals surface area contributed by atoms with E-state index in [1.807, 2.05) is 37.4 Å². The lowest BCUT2D eigenvalue weighted by molar-refractivity contribution is -0.115. The SMILES string of the molecule is C[C@H](Sc1ncc(-c2ccccc2)n1C[C@H]1CCCO1)C(=O)Nc1ccc2c(c1)OCO2. The predicted octanol–water partition coefficient (Wildman–Crippen LogP) is 4.58. The van der Waals surface area contributed by atoms with Crippen molar-refractivity contribution in [3.63, 3.8) is 0 Å². The van der Waals surface area contributed by atoms with Crippen molar-refractivity contribution in [3.8, 4) is 22.8 Å². The van der Waals surface area contributed by atoms with Crippen LogP contribution < -0.4 is 14.8 Å². The van der Waals surface area contributed by atoms with Crippen LogP contribution in [0.15, 0.2) is 59.9 Å². The number of rotatable bonds is 7. The lowest BCUT2D eigenvalue weighted by Gasteiger charge is -2.18. The first-order valence-corrected chi connectivity index (χ1v) is 11.6. The number of imidazole rings is 1. The molecule has 1 amide bonds. The maximum atomic E-state index is 12.9. The number of amides is 1. The minimum Gasteiger partial charge on any atom is -0.454 e. The van der Waals surface area contributed by atoms with Crippen LogP contribution in [0.1, 0.15) is 19.8 Å². The fraction of sp³-hybridized carbons (Fsp3) is 0.333. The van der Waals surface area contributed by atoms with Crippen LogP contribution in [0.5, 0.6) is 11.5 Å². The Labute approximate surface area is 191 Å². The van der Waals surface area contributed by atoms with Crippen molar-refractivity contribution in [2.75, 3.05) is 18.7 Å². The van der Waals surface area contributed by atoms with Gasteiger partial charge in [0.2, 0.25) is 12.7 Å². The second-order valence-corrected chi connectivity index (χ2v) is 9.16. The van der Waals surface area contributed by atoms with Crippen LogP contribution in [0.25, 0.3) is 11.3 Å². The number of benzene rings is 2. The number of nitrogens with one attached hydrogen (secondary N) is 1. The summed E-state index contributed by atoms with van der Waals surface area (Å²) in [7, 11) is 0. The predicted molar refractivity (Wildman–Crippen MR) is 123 cm³/mol. The van der Waals surface area contributed by atoms with Crippen molar-refractivity contribution in [3.05, 3.63) is 54.7 Å². The number of carbonyl (C=O) groups is 1. The highest BCUT2D eigenvalue weighted by atomic mass is 32.2. The van der Waals surface area contributed by atoms with E-state index in [-0.39, 0.29) is 24.1 Å². The average molecular weight is 452 g/mol. The van der Waals surface area contributed by atoms with Crippen LogP contribution in [-0.2, 0) is 16.1 Å². The second-order valence-electron chi connectivity index (χ2n) is 7.86. The number of aromatic nitrogens is 2. The normalized spacial score (nSPS) is 18.0. The molecule has 2 aliphatic rings. The fourth-order valence-electron chi connectivity index (χ4n) is 3.89. The van der Waals surface area contributed by atoms with Gasteiger partial charge in [-0.2, -0.15) is 0 Å². The largest absolute Gasteiger partial charge is 0.454 e. The number of ether oxygens (including phenoxy) is 3. The molecule has 2 atom stereocenters. The first kappa shape index (κ1) is 20.9. The van der Waals surface area contributed by atoms with Gasteiger partial charge in [-0.1, -0.05) is 42.1 Å². The maximum Gasteiger partial charge on any atom is 0.237 e. The summed E-state index contributed by atoms with van der Waals surface area (Å²) in [5.41, 5.74) is 2.81. The molecular weight excluding hydrogens is 426 g/mol. The highest BCUT2D eigenvalue weighted by molar-refractivity contribution is 8.00. The monoisotopic (exact) mass is 451 g/mol. The van der Waals surface area contributed by atoms with Crippen LogP contribution in [-0.4, -0.2) is 40.2 Å². The van der Waals surface area contributed by atoms with Crippen LogP contribution in [0.2, 0.25) is 0 Å². The molecule has 0 saturated carbocycles. The Morgan fingerprint density at radius 1 is 1.22 bits per heavy atom. The number of thioether (sulfide) groups is 1. The molecule has 0 radical (unpaired) electrons. The molecule has 3 aromatic rings. The molecule has 2 aliphatic heterocycles. The van der Waals surface area contributed by atoms with E-state index in [4.69, 9.17) is 14.2 Å². The number of anilines is 1. The average Bonchev–Trinajstić information content (AvgIpc) is 3.56. The molecular formula is C24H25N3O4S. The molecule has 1 saturated heterocycles. The Kier molecular flexibility index (Phi) is 6.05. The van der Waals surface area contributed by atoms with Crippen molar-refractivity contribution in [2.45, 2.75) is 42.8 Å². The van der Waals surface area contributed by atoms with E-state index in [0.717, 1.165) is 42.4 Å². The minimum absolute atomic E-state index is 0.0956. The van der Waals surface area contributed by atoms with Crippen molar-refractivity contribution in [2.24, 2.45) is 0 Å². The number of hydrogen-bond acceptors (Lipinski definition) is 6. The number of hydrogen-bond donors (Lipinski definition) is 1. The van der Waals surface area contributed by atoms with Crippen LogP contribution in [0.4, 0.5) is 5.69 Å².